The maximum Gasteiger partial charge on any atom is 0.170 e. The second-order valence-corrected chi connectivity index (χ2v) is 4.84. The Hall–Kier alpha value is -2.56. The fraction of sp³-hybridized carbons (Fsp3) is 0.188. The van der Waals surface area contributed by atoms with Gasteiger partial charge in [-0.15, -0.1) is 0 Å². The lowest BCUT2D eigenvalue weighted by atomic mass is 10.1. The zero-order valence-corrected chi connectivity index (χ0v) is 11.9. The van der Waals surface area contributed by atoms with Crippen molar-refractivity contribution in [2.45, 2.75) is 20.5 Å². The van der Waals surface area contributed by atoms with Crippen LogP contribution in [0.1, 0.15) is 22.3 Å². The van der Waals surface area contributed by atoms with Crippen molar-refractivity contribution in [3.8, 4) is 5.75 Å². The molecule has 0 saturated carbocycles. The van der Waals surface area contributed by atoms with Crippen molar-refractivity contribution in [1.82, 2.24) is 0 Å². The summed E-state index contributed by atoms with van der Waals surface area (Å²) in [6.07, 6.45) is 0. The van der Waals surface area contributed by atoms with Crippen molar-refractivity contribution in [3.05, 3.63) is 64.5 Å². The van der Waals surface area contributed by atoms with Gasteiger partial charge in [0.05, 0.1) is 0 Å². The van der Waals surface area contributed by atoms with Gasteiger partial charge in [-0.2, -0.15) is 0 Å². The van der Waals surface area contributed by atoms with Crippen LogP contribution in [0.25, 0.3) is 0 Å². The summed E-state index contributed by atoms with van der Waals surface area (Å²) in [7, 11) is 0. The summed E-state index contributed by atoms with van der Waals surface area (Å²) in [5.41, 5.74) is 8.89. The lowest BCUT2D eigenvalue weighted by Gasteiger charge is -2.14. The van der Waals surface area contributed by atoms with Crippen LogP contribution in [-0.2, 0) is 6.61 Å². The Balaban J connectivity index is 2.19. The molecule has 0 aliphatic heterocycles. The SMILES string of the molecule is Cc1cc(C(N)=NO)cc(C)c1OCc1ccc(F)cc1. The number of halogens is 1. The van der Waals surface area contributed by atoms with E-state index >= 15 is 0 Å². The lowest BCUT2D eigenvalue weighted by Crippen LogP contribution is -2.14. The molecule has 4 nitrogen and oxygen atoms in total. The van der Waals surface area contributed by atoms with Crippen molar-refractivity contribution in [1.29, 1.82) is 0 Å². The Bertz CT molecular complexity index is 643. The van der Waals surface area contributed by atoms with Crippen LogP contribution >= 0.6 is 0 Å². The molecule has 2 aromatic carbocycles. The largest absolute Gasteiger partial charge is 0.488 e. The molecule has 0 spiro atoms. The van der Waals surface area contributed by atoms with E-state index in [1.807, 2.05) is 13.8 Å². The van der Waals surface area contributed by atoms with E-state index in [-0.39, 0.29) is 11.7 Å². The number of ether oxygens (including phenoxy) is 1. The second kappa shape index (κ2) is 6.26. The number of aryl methyl sites for hydroxylation is 2. The Morgan fingerprint density at radius 3 is 2.29 bits per heavy atom. The van der Waals surface area contributed by atoms with Gasteiger partial charge in [-0.05, 0) is 54.8 Å². The van der Waals surface area contributed by atoms with E-state index in [4.69, 9.17) is 15.7 Å². The molecule has 3 N–H and O–H groups in total. The first-order valence-electron chi connectivity index (χ1n) is 6.47. The van der Waals surface area contributed by atoms with Gasteiger partial charge in [-0.1, -0.05) is 17.3 Å². The second-order valence-electron chi connectivity index (χ2n) is 4.84. The topological polar surface area (TPSA) is 67.8 Å². The Kier molecular flexibility index (Phi) is 4.42. The molecule has 0 radical (unpaired) electrons. The third kappa shape index (κ3) is 3.51. The summed E-state index contributed by atoms with van der Waals surface area (Å²) in [4.78, 5) is 0. The van der Waals surface area contributed by atoms with Crippen LogP contribution in [0.4, 0.5) is 4.39 Å². The molecular weight excluding hydrogens is 271 g/mol. The van der Waals surface area contributed by atoms with Crippen LogP contribution in [0.15, 0.2) is 41.6 Å². The third-order valence-corrected chi connectivity index (χ3v) is 3.16. The van der Waals surface area contributed by atoms with Crippen LogP contribution in [-0.4, -0.2) is 11.0 Å². The fourth-order valence-electron chi connectivity index (χ4n) is 2.12. The molecule has 0 unspecified atom stereocenters. The summed E-state index contributed by atoms with van der Waals surface area (Å²) < 4.78 is 18.6. The van der Waals surface area contributed by atoms with E-state index < -0.39 is 0 Å². The highest BCUT2D eigenvalue weighted by atomic mass is 19.1. The Morgan fingerprint density at radius 1 is 1.19 bits per heavy atom. The minimum absolute atomic E-state index is 0.0614. The maximum absolute atomic E-state index is 12.8. The number of oxime groups is 1. The standard InChI is InChI=1S/C16H17FN2O2/c1-10-7-13(16(18)19-20)8-11(2)15(10)21-9-12-3-5-14(17)6-4-12/h3-8,20H,9H2,1-2H3,(H2,18,19). The van der Waals surface area contributed by atoms with Crippen molar-refractivity contribution in [2.75, 3.05) is 0 Å². The summed E-state index contributed by atoms with van der Waals surface area (Å²) in [6, 6.07) is 9.76. The molecule has 5 heteroatoms. The van der Waals surface area contributed by atoms with Gasteiger partial charge in [0, 0.05) is 5.56 Å². The Labute approximate surface area is 122 Å². The predicted octanol–water partition coefficient (Wildman–Crippen LogP) is 3.12. The van der Waals surface area contributed by atoms with Gasteiger partial charge in [-0.3, -0.25) is 0 Å². The van der Waals surface area contributed by atoms with E-state index in [1.54, 1.807) is 24.3 Å². The molecule has 0 atom stereocenters. The number of nitrogens with two attached hydrogens (primary N) is 1. The molecule has 21 heavy (non-hydrogen) atoms. The number of amidine groups is 1. The van der Waals surface area contributed by atoms with Crippen LogP contribution < -0.4 is 10.5 Å². The van der Waals surface area contributed by atoms with E-state index in [0.29, 0.717) is 12.2 Å². The summed E-state index contributed by atoms with van der Waals surface area (Å²) in [6.45, 7) is 4.13. The molecule has 2 aromatic rings. The molecule has 0 aliphatic carbocycles. The smallest absolute Gasteiger partial charge is 0.170 e. The molecule has 0 bridgehead atoms. The first kappa shape index (κ1) is 14.8. The van der Waals surface area contributed by atoms with Crippen molar-refractivity contribution < 1.29 is 14.3 Å². The van der Waals surface area contributed by atoms with Gasteiger partial charge < -0.3 is 15.7 Å². The molecule has 0 aliphatic rings. The quantitative estimate of drug-likeness (QED) is 0.393. The van der Waals surface area contributed by atoms with Crippen LogP contribution in [0.2, 0.25) is 0 Å². The number of nitrogens with zero attached hydrogens (tertiary/aromatic N) is 1. The molecule has 0 aromatic heterocycles. The highest BCUT2D eigenvalue weighted by Gasteiger charge is 2.09. The Morgan fingerprint density at radius 2 is 1.76 bits per heavy atom. The van der Waals surface area contributed by atoms with E-state index in [9.17, 15) is 4.39 Å². The van der Waals surface area contributed by atoms with E-state index in [1.165, 1.54) is 12.1 Å². The van der Waals surface area contributed by atoms with Crippen LogP contribution in [0.5, 0.6) is 5.75 Å². The molecule has 2 rings (SSSR count). The van der Waals surface area contributed by atoms with Crippen molar-refractivity contribution in [2.24, 2.45) is 10.9 Å². The number of hydrogen-bond donors (Lipinski definition) is 2. The first-order valence-corrected chi connectivity index (χ1v) is 6.47. The van der Waals surface area contributed by atoms with Crippen LogP contribution in [0, 0.1) is 19.7 Å². The van der Waals surface area contributed by atoms with E-state index in [0.717, 1.165) is 22.4 Å². The van der Waals surface area contributed by atoms with Crippen LogP contribution in [0.3, 0.4) is 0 Å². The fourth-order valence-corrected chi connectivity index (χ4v) is 2.12. The molecule has 0 fully saturated rings. The van der Waals surface area contributed by atoms with Crippen molar-refractivity contribution in [3.63, 3.8) is 0 Å². The number of hydrogen-bond acceptors (Lipinski definition) is 3. The van der Waals surface area contributed by atoms with Gasteiger partial charge in [0.1, 0.15) is 18.2 Å². The monoisotopic (exact) mass is 288 g/mol. The zero-order valence-electron chi connectivity index (χ0n) is 11.9. The van der Waals surface area contributed by atoms with Gasteiger partial charge in [0.2, 0.25) is 0 Å². The minimum atomic E-state index is -0.269. The lowest BCUT2D eigenvalue weighted by molar-refractivity contribution is 0.301. The average molecular weight is 288 g/mol. The van der Waals surface area contributed by atoms with Crippen molar-refractivity contribution >= 4 is 5.84 Å². The molecule has 0 saturated heterocycles. The van der Waals surface area contributed by atoms with Gasteiger partial charge in [0.25, 0.3) is 0 Å². The molecule has 0 heterocycles. The normalized spacial score (nSPS) is 11.5. The number of benzene rings is 2. The third-order valence-electron chi connectivity index (χ3n) is 3.16. The summed E-state index contributed by atoms with van der Waals surface area (Å²) in [5, 5.41) is 11.7. The summed E-state index contributed by atoms with van der Waals surface area (Å²) >= 11 is 0. The zero-order chi connectivity index (χ0) is 15.4. The molecular formula is C16H17FN2O2. The van der Waals surface area contributed by atoms with Gasteiger partial charge in [-0.25, -0.2) is 4.39 Å². The highest BCUT2D eigenvalue weighted by molar-refractivity contribution is 5.97. The minimum Gasteiger partial charge on any atom is -0.488 e. The molecule has 0 amide bonds. The molecule has 110 valence electrons. The van der Waals surface area contributed by atoms with E-state index in [2.05, 4.69) is 5.16 Å². The van der Waals surface area contributed by atoms with Gasteiger partial charge in [0.15, 0.2) is 5.84 Å². The number of rotatable bonds is 4. The summed E-state index contributed by atoms with van der Waals surface area (Å²) in [5.74, 6) is 0.536. The predicted molar refractivity (Wildman–Crippen MR) is 79.2 cm³/mol. The first-order chi connectivity index (χ1) is 10.0. The average Bonchev–Trinajstić information content (AvgIpc) is 2.47. The maximum atomic E-state index is 12.8. The van der Waals surface area contributed by atoms with Gasteiger partial charge >= 0.3 is 0 Å². The highest BCUT2D eigenvalue weighted by Crippen LogP contribution is 2.25.